The Morgan fingerprint density at radius 3 is 2.86 bits per heavy atom. The molecule has 0 aromatic heterocycles. The fraction of sp³-hybridized carbons (Fsp3) is 0. The van der Waals surface area contributed by atoms with Gasteiger partial charge >= 0.3 is 29.6 Å². The fourth-order valence-electron chi connectivity index (χ4n) is 0.779. The molecule has 1 rings (SSSR count). The molecule has 0 radical (unpaired) electrons. The average molecular weight is 219 g/mol. The summed E-state index contributed by atoms with van der Waals surface area (Å²) in [6.07, 6.45) is 1.65. The largest absolute Gasteiger partial charge is 1.00 e. The van der Waals surface area contributed by atoms with Gasteiger partial charge in [-0.2, -0.15) is 5.26 Å². The van der Waals surface area contributed by atoms with E-state index in [1.807, 2.05) is 0 Å². The summed E-state index contributed by atoms with van der Waals surface area (Å²) in [6, 6.07) is 5.80. The van der Waals surface area contributed by atoms with Gasteiger partial charge in [0.15, 0.2) is 11.3 Å². The summed E-state index contributed by atoms with van der Waals surface area (Å²) in [4.78, 5) is 0. The van der Waals surface area contributed by atoms with Crippen LogP contribution in [-0.4, -0.2) is 5.11 Å². The smallest absolute Gasteiger partial charge is 1.00 e. The first-order valence-electron chi connectivity index (χ1n) is 3.44. The number of hydrogen-bond donors (Lipinski definition) is 2. The van der Waals surface area contributed by atoms with Crippen molar-refractivity contribution in [1.82, 2.24) is 5.32 Å². The minimum Gasteiger partial charge on any atom is -1.00 e. The van der Waals surface area contributed by atoms with Gasteiger partial charge in [-0.25, -0.2) is 4.39 Å². The molecule has 0 heterocycles. The molecule has 3 nitrogen and oxygen atoms in total. The molecule has 14 heavy (non-hydrogen) atoms. The third kappa shape index (κ3) is 4.53. The van der Waals surface area contributed by atoms with Gasteiger partial charge in [-0.05, 0) is 30.4 Å². The normalized spacial score (nSPS) is 8.00. The zero-order valence-corrected chi connectivity index (χ0v) is 10.4. The summed E-state index contributed by atoms with van der Waals surface area (Å²) in [5.74, 6) is -0.357. The topological polar surface area (TPSA) is 47.9 Å². The molecule has 0 saturated heterocycles. The van der Waals surface area contributed by atoms with Gasteiger partial charge < -0.3 is 6.74 Å². The summed E-state index contributed by atoms with van der Waals surface area (Å²) in [6.45, 7) is 0. The van der Waals surface area contributed by atoms with Crippen molar-refractivity contribution in [3.63, 3.8) is 0 Å². The zero-order valence-electron chi connectivity index (χ0n) is 8.54. The van der Waals surface area contributed by atoms with Gasteiger partial charge in [0.1, 0.15) is 5.82 Å². The molecule has 0 saturated carbocycles. The molecule has 6 heteroatoms. The maximum atomic E-state index is 12.6. The predicted molar refractivity (Wildman–Crippen MR) is 52.5 cm³/mol. The summed E-state index contributed by atoms with van der Waals surface area (Å²) >= 11 is 4.71. The van der Waals surface area contributed by atoms with Crippen molar-refractivity contribution < 1.29 is 35.4 Å². The summed E-state index contributed by atoms with van der Waals surface area (Å²) in [7, 11) is 0. The molecule has 0 aliphatic rings. The van der Waals surface area contributed by atoms with Gasteiger partial charge in [-0.1, -0.05) is 6.07 Å². The molecular weight excluding hydrogens is 212 g/mol. The van der Waals surface area contributed by atoms with Crippen molar-refractivity contribution in [2.45, 2.75) is 0 Å². The van der Waals surface area contributed by atoms with Crippen molar-refractivity contribution in [3.8, 4) is 6.19 Å². The quantitative estimate of drug-likeness (QED) is 0.267. The Hall–Kier alpha value is -0.670. The average Bonchev–Trinajstić information content (AvgIpc) is 2.04. The van der Waals surface area contributed by atoms with Gasteiger partial charge in [0.2, 0.25) is 0 Å². The molecule has 0 fully saturated rings. The second kappa shape index (κ2) is 6.74. The van der Waals surface area contributed by atoms with E-state index >= 15 is 0 Å². The summed E-state index contributed by atoms with van der Waals surface area (Å²) < 4.78 is 12.6. The Morgan fingerprint density at radius 1 is 1.57 bits per heavy atom. The predicted octanol–water partition coefficient (Wildman–Crippen LogP) is -1.29. The van der Waals surface area contributed by atoms with Crippen LogP contribution < -0.4 is 40.2 Å². The molecule has 0 atom stereocenters. The molecule has 0 aliphatic heterocycles. The van der Waals surface area contributed by atoms with E-state index in [-0.39, 0.29) is 41.9 Å². The maximum Gasteiger partial charge on any atom is 1.00 e. The van der Waals surface area contributed by atoms with Crippen LogP contribution >= 0.6 is 12.2 Å². The van der Waals surface area contributed by atoms with Crippen LogP contribution in [0.1, 0.15) is 1.43 Å². The number of halogens is 1. The van der Waals surface area contributed by atoms with E-state index in [2.05, 4.69) is 10.6 Å². The van der Waals surface area contributed by atoms with Crippen LogP contribution in [0.15, 0.2) is 24.3 Å². The molecule has 0 spiro atoms. The first kappa shape index (κ1) is 13.3. The first-order valence-corrected chi connectivity index (χ1v) is 3.85. The number of rotatable bonds is 1. The van der Waals surface area contributed by atoms with E-state index in [4.69, 9.17) is 17.5 Å². The minimum absolute atomic E-state index is 0. The number of benzene rings is 1. The van der Waals surface area contributed by atoms with E-state index in [1.165, 1.54) is 12.1 Å². The number of nitrogens with one attached hydrogen (secondary N) is 2. The first-order chi connectivity index (χ1) is 6.22. The molecule has 68 valence electrons. The van der Waals surface area contributed by atoms with Gasteiger partial charge in [0.05, 0.1) is 0 Å². The van der Waals surface area contributed by atoms with Crippen LogP contribution in [0.4, 0.5) is 10.1 Å². The van der Waals surface area contributed by atoms with Gasteiger partial charge in [0, 0.05) is 5.69 Å². The Morgan fingerprint density at radius 2 is 2.29 bits per heavy atom. The van der Waals surface area contributed by atoms with E-state index < -0.39 is 0 Å². The van der Waals surface area contributed by atoms with E-state index in [0.717, 1.165) is 0 Å². The van der Waals surface area contributed by atoms with Crippen LogP contribution in [0.2, 0.25) is 0 Å². The van der Waals surface area contributed by atoms with E-state index in [1.54, 1.807) is 18.3 Å². The monoisotopic (exact) mass is 219 g/mol. The molecule has 0 amide bonds. The molecule has 1 aromatic carbocycles. The number of hydrogen-bond acceptors (Lipinski definition) is 2. The number of nitriles is 1. The van der Waals surface area contributed by atoms with Crippen LogP contribution in [0, 0.1) is 17.3 Å². The van der Waals surface area contributed by atoms with Gasteiger partial charge in [0.25, 0.3) is 0 Å². The summed E-state index contributed by atoms with van der Waals surface area (Å²) in [5.41, 5.74) is 0.507. The molecule has 2 N–H and O–H groups in total. The fourth-order valence-corrected chi connectivity index (χ4v) is 0.943. The molecule has 0 unspecified atom stereocenters. The molecule has 1 aromatic rings. The Bertz CT molecular complexity index is 369. The Labute approximate surface area is 110 Å². The van der Waals surface area contributed by atoms with Crippen molar-refractivity contribution in [2.24, 2.45) is 0 Å². The second-order valence-electron chi connectivity index (χ2n) is 2.20. The van der Waals surface area contributed by atoms with E-state index in [9.17, 15) is 4.39 Å². The zero-order chi connectivity index (χ0) is 9.68. The number of thiocarbonyl (C=S) groups is 1. The number of nitrogens with zero attached hydrogens (tertiary/aromatic N) is 1. The van der Waals surface area contributed by atoms with Crippen LogP contribution in [0.25, 0.3) is 0 Å². The van der Waals surface area contributed by atoms with Gasteiger partial charge in [-0.3, -0.25) is 5.32 Å². The van der Waals surface area contributed by atoms with Crippen molar-refractivity contribution in [1.29, 1.82) is 5.26 Å². The van der Waals surface area contributed by atoms with Crippen molar-refractivity contribution >= 4 is 23.0 Å². The van der Waals surface area contributed by atoms with Crippen molar-refractivity contribution in [2.75, 3.05) is 5.32 Å². The number of anilines is 1. The van der Waals surface area contributed by atoms with E-state index in [0.29, 0.717) is 5.69 Å². The summed E-state index contributed by atoms with van der Waals surface area (Å²) in [5, 5.41) is 13.2. The SMILES string of the molecule is N#CNC(=S)Nc1cccc(F)c1.[H-].[Na+]. The van der Waals surface area contributed by atoms with Gasteiger partial charge in [-0.15, -0.1) is 0 Å². The van der Waals surface area contributed by atoms with Crippen LogP contribution in [-0.2, 0) is 0 Å². The Balaban J connectivity index is 0. The van der Waals surface area contributed by atoms with Crippen LogP contribution in [0.3, 0.4) is 0 Å². The molecule has 0 bridgehead atoms. The Kier molecular flexibility index (Phi) is 6.41. The maximum absolute atomic E-state index is 12.6. The third-order valence-electron chi connectivity index (χ3n) is 1.25. The molecule has 0 aliphatic carbocycles. The van der Waals surface area contributed by atoms with Crippen molar-refractivity contribution in [3.05, 3.63) is 30.1 Å². The van der Waals surface area contributed by atoms with Crippen LogP contribution in [0.5, 0.6) is 0 Å². The second-order valence-corrected chi connectivity index (χ2v) is 2.61. The molecular formula is C8H7FN3NaS. The standard InChI is InChI=1S/C8H6FN3S.Na.H/c9-6-2-1-3-7(4-6)12-8(13)11-5-10;;/h1-4H,(H2,11,12,13);;/q;+1;-1. The third-order valence-corrected chi connectivity index (χ3v) is 1.46. The minimum atomic E-state index is -0.357.